The zero-order valence-corrected chi connectivity index (χ0v) is 21.9. The average molecular weight is 478 g/mol. The van der Waals surface area contributed by atoms with Gasteiger partial charge in [-0.3, -0.25) is 0 Å². The van der Waals surface area contributed by atoms with Gasteiger partial charge in [-0.1, -0.05) is 86.2 Å². The van der Waals surface area contributed by atoms with Crippen molar-refractivity contribution in [3.63, 3.8) is 0 Å². The molecular weight excluding hydrogens is 430 g/mol. The third kappa shape index (κ3) is 12.0. The first-order valence-electron chi connectivity index (χ1n) is 11.5. The topological polar surface area (TPSA) is 122 Å². The van der Waals surface area contributed by atoms with Crippen molar-refractivity contribution in [2.24, 2.45) is 10.8 Å². The van der Waals surface area contributed by atoms with E-state index in [4.69, 9.17) is 17.0 Å². The summed E-state index contributed by atoms with van der Waals surface area (Å²) in [5, 5.41) is 53.8. The molecule has 0 heterocycles. The van der Waals surface area contributed by atoms with E-state index >= 15 is 0 Å². The number of hydrogen-bond donors (Lipinski definition) is 6. The maximum absolute atomic E-state index is 10.7. The van der Waals surface area contributed by atoms with Crippen LogP contribution in [0.3, 0.4) is 0 Å². The number of thiocarbonyl (C=S) groups is 1. The van der Waals surface area contributed by atoms with Crippen molar-refractivity contribution in [2.45, 2.75) is 117 Å². The number of nitrogens with one attached hydrogen (secondary N) is 1. The molecule has 32 heavy (non-hydrogen) atoms. The molecule has 7 nitrogen and oxygen atoms in total. The van der Waals surface area contributed by atoms with Crippen LogP contribution in [0.1, 0.15) is 74.7 Å². The summed E-state index contributed by atoms with van der Waals surface area (Å²) in [6.45, 7) is 16.1. The van der Waals surface area contributed by atoms with Crippen molar-refractivity contribution >= 4 is 17.2 Å². The van der Waals surface area contributed by atoms with Gasteiger partial charge in [0.2, 0.25) is 0 Å². The fourth-order valence-electron chi connectivity index (χ4n) is 2.95. The Kier molecular flexibility index (Phi) is 13.7. The van der Waals surface area contributed by atoms with Crippen LogP contribution in [0, 0.1) is 10.8 Å². The first kappa shape index (κ1) is 31.4. The summed E-state index contributed by atoms with van der Waals surface area (Å²) in [7, 11) is 0. The van der Waals surface area contributed by atoms with Crippen molar-refractivity contribution in [3.8, 4) is 0 Å². The Balaban J connectivity index is 0.00000302. The van der Waals surface area contributed by atoms with Gasteiger partial charge in [-0.25, -0.2) is 0 Å². The molecule has 0 aromatic rings. The highest BCUT2D eigenvalue weighted by Gasteiger charge is 2.35. The number of ether oxygens (including phenoxy) is 1. The molecule has 7 atom stereocenters. The minimum atomic E-state index is -1.34. The lowest BCUT2D eigenvalue weighted by Gasteiger charge is -2.35. The van der Waals surface area contributed by atoms with Crippen molar-refractivity contribution in [2.75, 3.05) is 6.61 Å². The van der Waals surface area contributed by atoms with Gasteiger partial charge in [0.15, 0.2) is 0 Å². The molecule has 0 aromatic heterocycles. The minimum absolute atomic E-state index is 0.00278. The van der Waals surface area contributed by atoms with E-state index in [1.54, 1.807) is 0 Å². The highest BCUT2D eigenvalue weighted by Crippen LogP contribution is 2.25. The Hall–Kier alpha value is -0.610. The van der Waals surface area contributed by atoms with Crippen LogP contribution in [0.15, 0.2) is 12.2 Å². The van der Waals surface area contributed by atoms with Crippen LogP contribution in [0.4, 0.5) is 0 Å². The predicted octanol–water partition coefficient (Wildman–Crippen LogP) is 2.32. The van der Waals surface area contributed by atoms with Crippen LogP contribution < -0.4 is 5.32 Å². The van der Waals surface area contributed by atoms with Crippen molar-refractivity contribution in [3.05, 3.63) is 12.2 Å². The molecule has 0 aromatic carbocycles. The smallest absolute Gasteiger partial charge is 0.112 e. The molecular formula is C24H47NO6S. The third-order valence-electron chi connectivity index (χ3n) is 4.97. The Labute approximate surface area is 199 Å². The number of aliphatic hydroxyl groups excluding tert-OH is 5. The van der Waals surface area contributed by atoms with Gasteiger partial charge in [0.05, 0.1) is 29.8 Å². The summed E-state index contributed by atoms with van der Waals surface area (Å²) in [6, 6.07) is -0.605. The highest BCUT2D eigenvalue weighted by molar-refractivity contribution is 7.80. The summed E-state index contributed by atoms with van der Waals surface area (Å²) in [5.41, 5.74) is -0.422. The number of aliphatic hydroxyl groups is 5. The fraction of sp³-hybridized carbons (Fsp3) is 0.875. The second kappa shape index (κ2) is 13.9. The molecule has 0 saturated heterocycles. The van der Waals surface area contributed by atoms with Gasteiger partial charge in [-0.05, 0) is 10.8 Å². The molecule has 0 radical (unpaired) electrons. The van der Waals surface area contributed by atoms with Gasteiger partial charge >= 0.3 is 0 Å². The molecule has 7 unspecified atom stereocenters. The van der Waals surface area contributed by atoms with Gasteiger partial charge < -0.3 is 35.6 Å². The van der Waals surface area contributed by atoms with Crippen LogP contribution in [0.2, 0.25) is 0 Å². The number of rotatable bonds is 8. The van der Waals surface area contributed by atoms with E-state index in [0.29, 0.717) is 11.4 Å². The fourth-order valence-corrected chi connectivity index (χ4v) is 3.54. The average Bonchev–Trinajstić information content (AvgIpc) is 2.62. The van der Waals surface area contributed by atoms with E-state index in [1.807, 2.05) is 20.8 Å². The SMILES string of the molecule is CC(C)(C)CC(=S)NC(COC1C=CC(O)C(O)C1O)C(O)CC(O)C(C)(C)C.CCC. The molecule has 1 aliphatic rings. The largest absolute Gasteiger partial charge is 0.392 e. The van der Waals surface area contributed by atoms with Gasteiger partial charge in [0, 0.05) is 12.8 Å². The van der Waals surface area contributed by atoms with E-state index < -0.39 is 42.7 Å². The Morgan fingerprint density at radius 2 is 1.53 bits per heavy atom. The normalized spacial score (nSPS) is 26.5. The summed E-state index contributed by atoms with van der Waals surface area (Å²) < 4.78 is 5.72. The molecule has 8 heteroatoms. The van der Waals surface area contributed by atoms with Crippen LogP contribution in [-0.2, 0) is 4.74 Å². The molecule has 1 aliphatic carbocycles. The molecule has 0 saturated carbocycles. The molecule has 190 valence electrons. The molecule has 6 N–H and O–H groups in total. The predicted molar refractivity (Wildman–Crippen MR) is 133 cm³/mol. The first-order chi connectivity index (χ1) is 14.5. The van der Waals surface area contributed by atoms with Crippen LogP contribution in [-0.4, -0.2) is 79.8 Å². The van der Waals surface area contributed by atoms with Crippen LogP contribution >= 0.6 is 12.2 Å². The quantitative estimate of drug-likeness (QED) is 0.233. The number of hydrogen-bond acceptors (Lipinski definition) is 7. The Morgan fingerprint density at radius 3 is 2.00 bits per heavy atom. The van der Waals surface area contributed by atoms with E-state index in [9.17, 15) is 25.5 Å². The van der Waals surface area contributed by atoms with Crippen molar-refractivity contribution < 1.29 is 30.3 Å². The molecule has 0 spiro atoms. The summed E-state index contributed by atoms with van der Waals surface area (Å²) in [4.78, 5) is 0.575. The molecule has 0 fully saturated rings. The maximum Gasteiger partial charge on any atom is 0.112 e. The van der Waals surface area contributed by atoms with Gasteiger partial charge in [-0.15, -0.1) is 0 Å². The summed E-state index contributed by atoms with van der Waals surface area (Å²) in [6.07, 6.45) is -1.41. The lowest BCUT2D eigenvalue weighted by atomic mass is 9.85. The van der Waals surface area contributed by atoms with Crippen LogP contribution in [0.5, 0.6) is 0 Å². The molecule has 1 rings (SSSR count). The van der Waals surface area contributed by atoms with Crippen LogP contribution in [0.25, 0.3) is 0 Å². The Bertz CT molecular complexity index is 572. The lowest BCUT2D eigenvalue weighted by molar-refractivity contribution is -0.114. The second-order valence-corrected chi connectivity index (χ2v) is 11.5. The molecule has 0 bridgehead atoms. The van der Waals surface area contributed by atoms with E-state index in [0.717, 1.165) is 0 Å². The molecule has 0 aliphatic heterocycles. The summed E-state index contributed by atoms with van der Waals surface area (Å²) in [5.74, 6) is 0. The zero-order valence-electron chi connectivity index (χ0n) is 21.1. The second-order valence-electron chi connectivity index (χ2n) is 11.0. The van der Waals surface area contributed by atoms with Gasteiger partial charge in [0.1, 0.15) is 24.4 Å². The summed E-state index contributed by atoms with van der Waals surface area (Å²) >= 11 is 5.44. The maximum atomic E-state index is 10.7. The highest BCUT2D eigenvalue weighted by atomic mass is 32.1. The monoisotopic (exact) mass is 477 g/mol. The zero-order chi connectivity index (χ0) is 25.3. The van der Waals surface area contributed by atoms with Crippen molar-refractivity contribution in [1.29, 1.82) is 0 Å². The van der Waals surface area contributed by atoms with E-state index in [-0.39, 0.29) is 23.9 Å². The standard InChI is InChI=1S/C21H39NO6S.C3H8/c1-20(2,3)10-17(29)22-12(14(24)9-16(25)21(4,5)6)11-28-15-8-7-13(23)18(26)19(15)27;1-3-2/h7-8,12-16,18-19,23-27H,9-11H2,1-6H3,(H,22,29);3H2,1-2H3. The third-order valence-corrected chi connectivity index (χ3v) is 5.23. The Morgan fingerprint density at radius 1 is 1.00 bits per heavy atom. The lowest BCUT2D eigenvalue weighted by Crippen LogP contribution is -2.51. The minimum Gasteiger partial charge on any atom is -0.392 e. The van der Waals surface area contributed by atoms with Gasteiger partial charge in [-0.2, -0.15) is 0 Å². The van der Waals surface area contributed by atoms with Crippen molar-refractivity contribution in [1.82, 2.24) is 5.32 Å². The van der Waals surface area contributed by atoms with Gasteiger partial charge in [0.25, 0.3) is 0 Å². The molecule has 0 amide bonds. The van der Waals surface area contributed by atoms with E-state index in [1.165, 1.54) is 18.6 Å². The van der Waals surface area contributed by atoms with E-state index in [2.05, 4.69) is 39.9 Å². The first-order valence-corrected chi connectivity index (χ1v) is 11.9.